The van der Waals surface area contributed by atoms with Crippen LogP contribution in [0.15, 0.2) is 0 Å². The molecule has 0 aromatic heterocycles. The number of unbranched alkanes of at least 4 members (excludes halogenated alkanes) is 1. The number of hydrogen-bond acceptors (Lipinski definition) is 5. The number of ether oxygens (including phenoxy) is 1. The topological polar surface area (TPSA) is 107 Å². The Morgan fingerprint density at radius 1 is 1.16 bits per heavy atom. The van der Waals surface area contributed by atoms with E-state index in [1.807, 2.05) is 20.8 Å². The van der Waals surface area contributed by atoms with Crippen molar-refractivity contribution < 1.29 is 30.0 Å². The lowest BCUT2D eigenvalue weighted by molar-refractivity contribution is -0.248. The monoisotopic (exact) mass is 276 g/mol. The molecule has 0 bridgehead atoms. The van der Waals surface area contributed by atoms with Crippen molar-refractivity contribution in [2.45, 2.75) is 70.6 Å². The number of carbonyl (C=O) groups is 1. The maximum atomic E-state index is 11.0. The van der Waals surface area contributed by atoms with E-state index in [9.17, 15) is 20.1 Å². The molecule has 4 N–H and O–H groups in total. The molecule has 1 rings (SSSR count). The lowest BCUT2D eigenvalue weighted by atomic mass is 9.75. The molecule has 1 fully saturated rings. The van der Waals surface area contributed by atoms with Crippen molar-refractivity contribution in [1.29, 1.82) is 0 Å². The van der Waals surface area contributed by atoms with Gasteiger partial charge in [-0.3, -0.25) is 0 Å². The predicted molar refractivity (Wildman–Crippen MR) is 67.6 cm³/mol. The van der Waals surface area contributed by atoms with E-state index >= 15 is 0 Å². The summed E-state index contributed by atoms with van der Waals surface area (Å²) in [6.45, 7) is 5.76. The molecule has 5 atom stereocenters. The Balaban J connectivity index is 2.90. The van der Waals surface area contributed by atoms with E-state index in [1.54, 1.807) is 0 Å². The Kier molecular flexibility index (Phi) is 5.32. The van der Waals surface area contributed by atoms with Crippen LogP contribution in [-0.2, 0) is 9.53 Å². The first-order valence-corrected chi connectivity index (χ1v) is 6.65. The van der Waals surface area contributed by atoms with Crippen LogP contribution < -0.4 is 0 Å². The summed E-state index contributed by atoms with van der Waals surface area (Å²) in [5, 5.41) is 38.4. The van der Waals surface area contributed by atoms with Gasteiger partial charge in [-0.1, -0.05) is 33.6 Å². The van der Waals surface area contributed by atoms with E-state index in [1.165, 1.54) is 0 Å². The summed E-state index contributed by atoms with van der Waals surface area (Å²) >= 11 is 0. The maximum Gasteiger partial charge on any atom is 0.335 e. The second-order valence-electron chi connectivity index (χ2n) is 5.88. The standard InChI is InChI=1S/C13H24O6/c1-4-5-6-13(2,3)11-9(16)7(14)8(15)10(19-11)12(17)18/h7-11,14-16H,4-6H2,1-3H3,(H,17,18). The van der Waals surface area contributed by atoms with Gasteiger partial charge in [-0.2, -0.15) is 0 Å². The average Bonchev–Trinajstić information content (AvgIpc) is 2.33. The van der Waals surface area contributed by atoms with Crippen LogP contribution in [0.1, 0.15) is 40.0 Å². The second-order valence-corrected chi connectivity index (χ2v) is 5.88. The van der Waals surface area contributed by atoms with Gasteiger partial charge in [0.1, 0.15) is 18.3 Å². The van der Waals surface area contributed by atoms with Crippen LogP contribution in [0.3, 0.4) is 0 Å². The molecule has 19 heavy (non-hydrogen) atoms. The van der Waals surface area contributed by atoms with Crippen LogP contribution in [0.4, 0.5) is 0 Å². The summed E-state index contributed by atoms with van der Waals surface area (Å²) in [6, 6.07) is 0. The number of rotatable bonds is 5. The van der Waals surface area contributed by atoms with Gasteiger partial charge in [0.15, 0.2) is 6.10 Å². The van der Waals surface area contributed by atoms with Gasteiger partial charge in [-0.05, 0) is 11.8 Å². The van der Waals surface area contributed by atoms with Crippen molar-refractivity contribution in [1.82, 2.24) is 0 Å². The number of aliphatic hydroxyl groups excluding tert-OH is 3. The number of aliphatic carboxylic acids is 1. The van der Waals surface area contributed by atoms with Gasteiger partial charge < -0.3 is 25.2 Å². The third kappa shape index (κ3) is 3.45. The first-order valence-electron chi connectivity index (χ1n) is 6.65. The maximum absolute atomic E-state index is 11.0. The molecule has 112 valence electrons. The van der Waals surface area contributed by atoms with Crippen LogP contribution in [0.5, 0.6) is 0 Å². The molecule has 1 heterocycles. The third-order valence-corrected chi connectivity index (χ3v) is 3.80. The first kappa shape index (κ1) is 16.4. The highest BCUT2D eigenvalue weighted by atomic mass is 16.6. The van der Waals surface area contributed by atoms with Crippen molar-refractivity contribution in [3.8, 4) is 0 Å². The zero-order chi connectivity index (χ0) is 14.8. The normalized spacial score (nSPS) is 36.2. The summed E-state index contributed by atoms with van der Waals surface area (Å²) in [7, 11) is 0. The zero-order valence-corrected chi connectivity index (χ0v) is 11.6. The molecule has 0 radical (unpaired) electrons. The molecular weight excluding hydrogens is 252 g/mol. The fraction of sp³-hybridized carbons (Fsp3) is 0.923. The molecule has 6 heteroatoms. The molecule has 1 aliphatic heterocycles. The minimum Gasteiger partial charge on any atom is -0.479 e. The molecule has 1 saturated heterocycles. The average molecular weight is 276 g/mol. The van der Waals surface area contributed by atoms with Crippen molar-refractivity contribution in [3.05, 3.63) is 0 Å². The number of hydrogen-bond donors (Lipinski definition) is 4. The Bertz CT molecular complexity index is 316. The van der Waals surface area contributed by atoms with Crippen molar-refractivity contribution in [3.63, 3.8) is 0 Å². The summed E-state index contributed by atoms with van der Waals surface area (Å²) in [5.41, 5.74) is -0.482. The van der Waals surface area contributed by atoms with E-state index in [0.29, 0.717) is 0 Å². The molecule has 0 spiro atoms. The lowest BCUT2D eigenvalue weighted by Crippen LogP contribution is -2.63. The fourth-order valence-electron chi connectivity index (χ4n) is 2.50. The second kappa shape index (κ2) is 6.17. The van der Waals surface area contributed by atoms with Crippen molar-refractivity contribution in [2.75, 3.05) is 0 Å². The molecule has 0 aliphatic carbocycles. The van der Waals surface area contributed by atoms with E-state index < -0.39 is 41.9 Å². The van der Waals surface area contributed by atoms with E-state index in [4.69, 9.17) is 9.84 Å². The summed E-state index contributed by atoms with van der Waals surface area (Å²) in [4.78, 5) is 11.0. The van der Waals surface area contributed by atoms with Gasteiger partial charge in [-0.15, -0.1) is 0 Å². The number of carboxylic acids is 1. The molecule has 6 nitrogen and oxygen atoms in total. The van der Waals surface area contributed by atoms with E-state index in [-0.39, 0.29) is 0 Å². The van der Waals surface area contributed by atoms with Gasteiger partial charge >= 0.3 is 5.97 Å². The van der Waals surface area contributed by atoms with Crippen LogP contribution in [0, 0.1) is 5.41 Å². The SMILES string of the molecule is CCCCC(C)(C)C1OC(C(=O)O)C(O)C(O)C1O. The summed E-state index contributed by atoms with van der Waals surface area (Å²) < 4.78 is 5.35. The van der Waals surface area contributed by atoms with Crippen LogP contribution in [0.25, 0.3) is 0 Å². The summed E-state index contributed by atoms with van der Waals surface area (Å²) in [5.74, 6) is -1.34. The third-order valence-electron chi connectivity index (χ3n) is 3.80. The van der Waals surface area contributed by atoms with Crippen LogP contribution in [0.2, 0.25) is 0 Å². The summed E-state index contributed by atoms with van der Waals surface area (Å²) in [6.07, 6.45) is -4.14. The van der Waals surface area contributed by atoms with Crippen LogP contribution >= 0.6 is 0 Å². The van der Waals surface area contributed by atoms with Crippen molar-refractivity contribution in [2.24, 2.45) is 5.41 Å². The minimum absolute atomic E-state index is 0.482. The van der Waals surface area contributed by atoms with Gasteiger partial charge in [0.2, 0.25) is 0 Å². The minimum atomic E-state index is -1.62. The molecule has 0 aromatic carbocycles. The fourth-order valence-corrected chi connectivity index (χ4v) is 2.50. The quantitative estimate of drug-likeness (QED) is 0.569. The van der Waals surface area contributed by atoms with Gasteiger partial charge in [0.05, 0.1) is 6.10 Å². The molecule has 0 saturated carbocycles. The van der Waals surface area contributed by atoms with E-state index in [2.05, 4.69) is 0 Å². The Morgan fingerprint density at radius 2 is 1.74 bits per heavy atom. The predicted octanol–water partition coefficient (Wildman–Crippen LogP) is 0.137. The highest BCUT2D eigenvalue weighted by Crippen LogP contribution is 2.37. The molecular formula is C13H24O6. The highest BCUT2D eigenvalue weighted by molar-refractivity contribution is 5.73. The van der Waals surface area contributed by atoms with E-state index in [0.717, 1.165) is 19.3 Å². The Morgan fingerprint density at radius 3 is 2.21 bits per heavy atom. The first-order chi connectivity index (χ1) is 8.72. The Hall–Kier alpha value is -0.690. The van der Waals surface area contributed by atoms with Gasteiger partial charge in [-0.25, -0.2) is 4.79 Å². The largest absolute Gasteiger partial charge is 0.479 e. The Labute approximate surface area is 113 Å². The molecule has 0 amide bonds. The van der Waals surface area contributed by atoms with Gasteiger partial charge in [0.25, 0.3) is 0 Å². The van der Waals surface area contributed by atoms with Gasteiger partial charge in [0, 0.05) is 0 Å². The smallest absolute Gasteiger partial charge is 0.335 e. The number of carboxylic acid groups (broad SMARTS) is 1. The molecule has 5 unspecified atom stereocenters. The zero-order valence-electron chi connectivity index (χ0n) is 11.6. The molecule has 0 aromatic rings. The lowest BCUT2D eigenvalue weighted by Gasteiger charge is -2.45. The highest BCUT2D eigenvalue weighted by Gasteiger charge is 2.51. The van der Waals surface area contributed by atoms with Crippen LogP contribution in [-0.4, -0.2) is 56.9 Å². The van der Waals surface area contributed by atoms with Crippen molar-refractivity contribution >= 4 is 5.97 Å². The number of aliphatic hydroxyl groups is 3. The molecule has 1 aliphatic rings.